The predicted molar refractivity (Wildman–Crippen MR) is 75.2 cm³/mol. The minimum atomic E-state index is -1.21. The van der Waals surface area contributed by atoms with E-state index in [2.05, 4.69) is 5.10 Å². The Morgan fingerprint density at radius 1 is 1.26 bits per heavy atom. The van der Waals surface area contributed by atoms with Crippen molar-refractivity contribution in [3.8, 4) is 11.3 Å². The first-order valence-electron chi connectivity index (χ1n) is 5.86. The van der Waals surface area contributed by atoms with Crippen LogP contribution in [0.4, 0.5) is 0 Å². The standard InChI is InChI=1S/C14H15ClN2O2/c1-14(2,19)11-8-12(16-17(3)13(11)18)9-4-6-10(15)7-5-9/h4-8,19H,1-3H3. The van der Waals surface area contributed by atoms with E-state index >= 15 is 0 Å². The van der Waals surface area contributed by atoms with Gasteiger partial charge in [-0.3, -0.25) is 4.79 Å². The number of nitrogens with zero attached hydrogens (tertiary/aromatic N) is 2. The molecule has 0 saturated heterocycles. The molecule has 5 heteroatoms. The molecule has 0 amide bonds. The molecule has 0 radical (unpaired) electrons. The van der Waals surface area contributed by atoms with E-state index in [-0.39, 0.29) is 5.56 Å². The van der Waals surface area contributed by atoms with Crippen LogP contribution in [0.25, 0.3) is 11.3 Å². The Labute approximate surface area is 116 Å². The van der Waals surface area contributed by atoms with Crippen molar-refractivity contribution in [1.82, 2.24) is 9.78 Å². The van der Waals surface area contributed by atoms with E-state index in [0.717, 1.165) is 5.56 Å². The quantitative estimate of drug-likeness (QED) is 0.917. The van der Waals surface area contributed by atoms with E-state index in [1.165, 1.54) is 4.68 Å². The molecule has 0 fully saturated rings. The molecular formula is C14H15ClN2O2. The summed E-state index contributed by atoms with van der Waals surface area (Å²) in [6.07, 6.45) is 0. The van der Waals surface area contributed by atoms with Gasteiger partial charge in [-0.1, -0.05) is 23.7 Å². The number of aliphatic hydroxyl groups is 1. The zero-order valence-corrected chi connectivity index (χ0v) is 11.8. The average molecular weight is 279 g/mol. The summed E-state index contributed by atoms with van der Waals surface area (Å²) < 4.78 is 1.23. The summed E-state index contributed by atoms with van der Waals surface area (Å²) in [4.78, 5) is 12.0. The number of hydrogen-bond donors (Lipinski definition) is 1. The van der Waals surface area contributed by atoms with Gasteiger partial charge >= 0.3 is 0 Å². The molecule has 1 aromatic carbocycles. The molecule has 0 spiro atoms. The lowest BCUT2D eigenvalue weighted by molar-refractivity contribution is 0.0763. The molecular weight excluding hydrogens is 264 g/mol. The van der Waals surface area contributed by atoms with Gasteiger partial charge in [-0.25, -0.2) is 4.68 Å². The van der Waals surface area contributed by atoms with Crippen molar-refractivity contribution in [1.29, 1.82) is 0 Å². The molecule has 0 aliphatic carbocycles. The van der Waals surface area contributed by atoms with E-state index in [9.17, 15) is 9.90 Å². The van der Waals surface area contributed by atoms with Gasteiger partial charge in [0.25, 0.3) is 5.56 Å². The molecule has 0 atom stereocenters. The highest BCUT2D eigenvalue weighted by atomic mass is 35.5. The summed E-state index contributed by atoms with van der Waals surface area (Å²) >= 11 is 5.84. The number of aromatic nitrogens is 2. The summed E-state index contributed by atoms with van der Waals surface area (Å²) in [5, 5.41) is 14.9. The Bertz CT molecular complexity index is 655. The minimum absolute atomic E-state index is 0.301. The molecule has 0 bridgehead atoms. The number of rotatable bonds is 2. The topological polar surface area (TPSA) is 55.1 Å². The molecule has 0 aliphatic rings. The Morgan fingerprint density at radius 3 is 2.37 bits per heavy atom. The zero-order valence-electron chi connectivity index (χ0n) is 11.0. The van der Waals surface area contributed by atoms with Gasteiger partial charge < -0.3 is 5.11 Å². The van der Waals surface area contributed by atoms with Crippen LogP contribution in [-0.2, 0) is 12.6 Å². The monoisotopic (exact) mass is 278 g/mol. The number of halogens is 1. The van der Waals surface area contributed by atoms with Crippen molar-refractivity contribution < 1.29 is 5.11 Å². The molecule has 0 unspecified atom stereocenters. The third-order valence-corrected chi connectivity index (χ3v) is 3.11. The normalized spacial score (nSPS) is 11.6. The first kappa shape index (κ1) is 13.8. The molecule has 0 aliphatic heterocycles. The second-order valence-electron chi connectivity index (χ2n) is 4.94. The van der Waals surface area contributed by atoms with Crippen LogP contribution in [-0.4, -0.2) is 14.9 Å². The number of aryl methyl sites for hydroxylation is 1. The van der Waals surface area contributed by atoms with Gasteiger partial charge in [-0.15, -0.1) is 0 Å². The lowest BCUT2D eigenvalue weighted by atomic mass is 9.98. The zero-order chi connectivity index (χ0) is 14.2. The second kappa shape index (κ2) is 4.79. The van der Waals surface area contributed by atoms with Crippen LogP contribution < -0.4 is 5.56 Å². The van der Waals surface area contributed by atoms with Gasteiger partial charge in [0.05, 0.1) is 16.9 Å². The van der Waals surface area contributed by atoms with Crippen molar-refractivity contribution in [2.75, 3.05) is 0 Å². The molecule has 1 heterocycles. The van der Waals surface area contributed by atoms with Crippen LogP contribution in [0.5, 0.6) is 0 Å². The highest BCUT2D eigenvalue weighted by Gasteiger charge is 2.22. The van der Waals surface area contributed by atoms with E-state index in [4.69, 9.17) is 11.6 Å². The summed E-state index contributed by atoms with van der Waals surface area (Å²) in [6.45, 7) is 3.16. The van der Waals surface area contributed by atoms with E-state index in [1.54, 1.807) is 39.1 Å². The van der Waals surface area contributed by atoms with Crippen LogP contribution in [0.1, 0.15) is 19.4 Å². The maximum atomic E-state index is 12.0. The van der Waals surface area contributed by atoms with Gasteiger partial charge in [0.1, 0.15) is 0 Å². The van der Waals surface area contributed by atoms with Gasteiger partial charge in [-0.05, 0) is 32.0 Å². The summed E-state index contributed by atoms with van der Waals surface area (Å²) in [6, 6.07) is 8.78. The summed E-state index contributed by atoms with van der Waals surface area (Å²) in [5.74, 6) is 0. The lowest BCUT2D eigenvalue weighted by Crippen LogP contribution is -2.32. The molecule has 100 valence electrons. The van der Waals surface area contributed by atoms with Crippen LogP contribution in [0.3, 0.4) is 0 Å². The smallest absolute Gasteiger partial charge is 0.272 e. The van der Waals surface area contributed by atoms with Crippen molar-refractivity contribution in [2.24, 2.45) is 7.05 Å². The minimum Gasteiger partial charge on any atom is -0.386 e. The van der Waals surface area contributed by atoms with Crippen LogP contribution in [0, 0.1) is 0 Å². The Hall–Kier alpha value is -1.65. The van der Waals surface area contributed by atoms with Crippen molar-refractivity contribution in [2.45, 2.75) is 19.4 Å². The van der Waals surface area contributed by atoms with Gasteiger partial charge in [0.2, 0.25) is 0 Å². The first-order valence-corrected chi connectivity index (χ1v) is 6.24. The van der Waals surface area contributed by atoms with Gasteiger partial charge in [0.15, 0.2) is 0 Å². The third-order valence-electron chi connectivity index (χ3n) is 2.86. The van der Waals surface area contributed by atoms with Crippen LogP contribution in [0.2, 0.25) is 5.02 Å². The fourth-order valence-electron chi connectivity index (χ4n) is 1.81. The maximum absolute atomic E-state index is 12.0. The highest BCUT2D eigenvalue weighted by molar-refractivity contribution is 6.30. The van der Waals surface area contributed by atoms with Crippen LogP contribution >= 0.6 is 11.6 Å². The number of hydrogen-bond acceptors (Lipinski definition) is 3. The van der Waals surface area contributed by atoms with Gasteiger partial charge in [-0.2, -0.15) is 5.10 Å². The second-order valence-corrected chi connectivity index (χ2v) is 5.37. The van der Waals surface area contributed by atoms with E-state index in [1.807, 2.05) is 12.1 Å². The van der Waals surface area contributed by atoms with Crippen molar-refractivity contribution in [3.63, 3.8) is 0 Å². The number of benzene rings is 1. The van der Waals surface area contributed by atoms with Gasteiger partial charge in [0, 0.05) is 17.6 Å². The average Bonchev–Trinajstić information content (AvgIpc) is 2.32. The molecule has 0 saturated carbocycles. The fraction of sp³-hybridized carbons (Fsp3) is 0.286. The Balaban J connectivity index is 2.63. The molecule has 2 rings (SSSR count). The molecule has 1 aromatic heterocycles. The van der Waals surface area contributed by atoms with E-state index < -0.39 is 5.60 Å². The third kappa shape index (κ3) is 2.85. The van der Waals surface area contributed by atoms with E-state index in [0.29, 0.717) is 16.3 Å². The molecule has 2 aromatic rings. The largest absolute Gasteiger partial charge is 0.386 e. The first-order chi connectivity index (χ1) is 8.79. The van der Waals surface area contributed by atoms with Crippen molar-refractivity contribution in [3.05, 3.63) is 51.3 Å². The van der Waals surface area contributed by atoms with Crippen molar-refractivity contribution >= 4 is 11.6 Å². The molecule has 1 N–H and O–H groups in total. The maximum Gasteiger partial charge on any atom is 0.272 e. The fourth-order valence-corrected chi connectivity index (χ4v) is 1.93. The Morgan fingerprint density at radius 2 is 1.84 bits per heavy atom. The lowest BCUT2D eigenvalue weighted by Gasteiger charge is -2.18. The molecule has 4 nitrogen and oxygen atoms in total. The SMILES string of the molecule is Cn1nc(-c2ccc(Cl)cc2)cc(C(C)(C)O)c1=O. The highest BCUT2D eigenvalue weighted by Crippen LogP contribution is 2.23. The van der Waals surface area contributed by atoms with Crippen LogP contribution in [0.15, 0.2) is 35.1 Å². The Kier molecular flexibility index (Phi) is 3.47. The summed E-state index contributed by atoms with van der Waals surface area (Å²) in [5.41, 5.74) is 0.264. The molecule has 19 heavy (non-hydrogen) atoms. The summed E-state index contributed by atoms with van der Waals surface area (Å²) in [7, 11) is 1.57. The predicted octanol–water partition coefficient (Wildman–Crippen LogP) is 2.33.